The van der Waals surface area contributed by atoms with E-state index in [-0.39, 0.29) is 6.61 Å². The molecule has 2 aromatic carbocycles. The van der Waals surface area contributed by atoms with Gasteiger partial charge in [0.2, 0.25) is 0 Å². The lowest BCUT2D eigenvalue weighted by Gasteiger charge is -2.32. The van der Waals surface area contributed by atoms with Crippen LogP contribution in [0.5, 0.6) is 0 Å². The van der Waals surface area contributed by atoms with E-state index in [0.29, 0.717) is 17.9 Å². The van der Waals surface area contributed by atoms with Crippen LogP contribution in [0, 0.1) is 0 Å². The fourth-order valence-corrected chi connectivity index (χ4v) is 2.76. The maximum Gasteiger partial charge on any atom is 0.416 e. The Balaban J connectivity index is 1.85. The van der Waals surface area contributed by atoms with Gasteiger partial charge in [0.1, 0.15) is 0 Å². The number of β-amino-alcohol motifs (C(OH)–C–C–N with tert-alkyl or cyclic N) is 1. The quantitative estimate of drug-likeness (QED) is 0.797. The maximum atomic E-state index is 12.8. The van der Waals surface area contributed by atoms with Crippen LogP contribution >= 0.6 is 0 Å². The van der Waals surface area contributed by atoms with E-state index in [4.69, 9.17) is 0 Å². The zero-order chi connectivity index (χ0) is 17.2. The van der Waals surface area contributed by atoms with Crippen LogP contribution in [0.15, 0.2) is 42.5 Å². The number of rotatable bonds is 4. The summed E-state index contributed by atoms with van der Waals surface area (Å²) in [6, 6.07) is 10.7. The summed E-state index contributed by atoms with van der Waals surface area (Å²) >= 11 is 0. The van der Waals surface area contributed by atoms with E-state index in [2.05, 4.69) is 10.6 Å². The maximum absolute atomic E-state index is 12.8. The van der Waals surface area contributed by atoms with Gasteiger partial charge in [-0.25, -0.2) is 0 Å². The number of hydrogen-bond acceptors (Lipinski definition) is 4. The molecule has 0 fully saturated rings. The molecule has 0 spiro atoms. The first-order chi connectivity index (χ1) is 11.5. The number of fused-ring (bicyclic) bond motifs is 1. The molecule has 0 saturated carbocycles. The Hall–Kier alpha value is -2.41. The number of halogens is 3. The fourth-order valence-electron chi connectivity index (χ4n) is 2.76. The summed E-state index contributed by atoms with van der Waals surface area (Å²) in [6.45, 7) is 2.11. The Bertz CT molecular complexity index is 718. The van der Waals surface area contributed by atoms with E-state index >= 15 is 0 Å². The molecule has 0 atom stereocenters. The van der Waals surface area contributed by atoms with Gasteiger partial charge < -0.3 is 20.6 Å². The van der Waals surface area contributed by atoms with Crippen LogP contribution in [0.3, 0.4) is 0 Å². The van der Waals surface area contributed by atoms with Crippen molar-refractivity contribution in [2.75, 3.05) is 41.8 Å². The minimum atomic E-state index is -4.37. The SMILES string of the molecule is OCCN1CCNc2ccc(Nc3cccc(C(F)(F)F)c3)cc21. The monoisotopic (exact) mass is 337 g/mol. The summed E-state index contributed by atoms with van der Waals surface area (Å²) in [6.07, 6.45) is -4.37. The molecular weight excluding hydrogens is 319 g/mol. The van der Waals surface area contributed by atoms with Gasteiger partial charge in [-0.1, -0.05) is 6.07 Å². The Labute approximate surface area is 137 Å². The van der Waals surface area contributed by atoms with Crippen LogP contribution in [0.25, 0.3) is 0 Å². The normalized spacial score (nSPS) is 14.1. The number of benzene rings is 2. The van der Waals surface area contributed by atoms with E-state index < -0.39 is 11.7 Å². The van der Waals surface area contributed by atoms with Gasteiger partial charge in [0.15, 0.2) is 0 Å². The van der Waals surface area contributed by atoms with Crippen LogP contribution in [-0.2, 0) is 6.18 Å². The summed E-state index contributed by atoms with van der Waals surface area (Å²) < 4.78 is 38.4. The molecule has 1 aliphatic heterocycles. The Morgan fingerprint density at radius 3 is 2.67 bits per heavy atom. The fraction of sp³-hybridized carbons (Fsp3) is 0.294. The van der Waals surface area contributed by atoms with Crippen LogP contribution < -0.4 is 15.5 Å². The molecule has 4 nitrogen and oxygen atoms in total. The molecule has 0 aromatic heterocycles. The van der Waals surface area contributed by atoms with Crippen LogP contribution in [0.2, 0.25) is 0 Å². The molecule has 2 aromatic rings. The van der Waals surface area contributed by atoms with Gasteiger partial charge in [0, 0.05) is 31.0 Å². The molecule has 1 heterocycles. The van der Waals surface area contributed by atoms with Crippen molar-refractivity contribution in [1.82, 2.24) is 0 Å². The highest BCUT2D eigenvalue weighted by atomic mass is 19.4. The van der Waals surface area contributed by atoms with Gasteiger partial charge in [-0.15, -0.1) is 0 Å². The highest BCUT2D eigenvalue weighted by molar-refractivity contribution is 5.78. The molecule has 0 aliphatic carbocycles. The highest BCUT2D eigenvalue weighted by Crippen LogP contribution is 2.34. The Morgan fingerprint density at radius 2 is 1.92 bits per heavy atom. The summed E-state index contributed by atoms with van der Waals surface area (Å²) in [5.41, 5.74) is 2.26. The first-order valence-corrected chi connectivity index (χ1v) is 7.65. The van der Waals surface area contributed by atoms with E-state index in [1.807, 2.05) is 23.1 Å². The van der Waals surface area contributed by atoms with Crippen molar-refractivity contribution in [1.29, 1.82) is 0 Å². The number of alkyl halides is 3. The van der Waals surface area contributed by atoms with Gasteiger partial charge >= 0.3 is 6.18 Å². The van der Waals surface area contributed by atoms with Crippen molar-refractivity contribution < 1.29 is 18.3 Å². The third-order valence-corrected chi connectivity index (χ3v) is 3.88. The number of nitrogens with zero attached hydrogens (tertiary/aromatic N) is 1. The summed E-state index contributed by atoms with van der Waals surface area (Å²) in [5, 5.41) is 15.5. The van der Waals surface area contributed by atoms with Crippen molar-refractivity contribution in [3.05, 3.63) is 48.0 Å². The Morgan fingerprint density at radius 1 is 1.12 bits per heavy atom. The molecule has 0 bridgehead atoms. The molecule has 24 heavy (non-hydrogen) atoms. The first-order valence-electron chi connectivity index (χ1n) is 7.65. The average molecular weight is 337 g/mol. The minimum Gasteiger partial charge on any atom is -0.395 e. The second-order valence-electron chi connectivity index (χ2n) is 5.57. The van der Waals surface area contributed by atoms with E-state index in [1.54, 1.807) is 6.07 Å². The van der Waals surface area contributed by atoms with E-state index in [0.717, 1.165) is 36.6 Å². The zero-order valence-electron chi connectivity index (χ0n) is 12.9. The van der Waals surface area contributed by atoms with Crippen LogP contribution in [0.1, 0.15) is 5.56 Å². The van der Waals surface area contributed by atoms with Gasteiger partial charge in [-0.3, -0.25) is 0 Å². The van der Waals surface area contributed by atoms with E-state index in [1.165, 1.54) is 6.07 Å². The smallest absolute Gasteiger partial charge is 0.395 e. The molecule has 0 amide bonds. The topological polar surface area (TPSA) is 47.5 Å². The first kappa shape index (κ1) is 16.4. The lowest BCUT2D eigenvalue weighted by molar-refractivity contribution is -0.137. The second kappa shape index (κ2) is 6.60. The minimum absolute atomic E-state index is 0.0464. The largest absolute Gasteiger partial charge is 0.416 e. The number of hydrogen-bond donors (Lipinski definition) is 3. The summed E-state index contributed by atoms with van der Waals surface area (Å²) in [7, 11) is 0. The van der Waals surface area contributed by atoms with Gasteiger partial charge in [0.25, 0.3) is 0 Å². The van der Waals surface area contributed by atoms with Gasteiger partial charge in [-0.2, -0.15) is 13.2 Å². The standard InChI is InChI=1S/C17H18F3N3O/c18-17(19,20)12-2-1-3-13(10-12)22-14-4-5-15-16(11-14)23(8-9-24)7-6-21-15/h1-5,10-11,21-22,24H,6-9H2. The number of aliphatic hydroxyl groups excluding tert-OH is 1. The third-order valence-electron chi connectivity index (χ3n) is 3.88. The Kier molecular flexibility index (Phi) is 4.53. The number of aliphatic hydroxyl groups is 1. The lowest BCUT2D eigenvalue weighted by atomic mass is 10.1. The van der Waals surface area contributed by atoms with Crippen molar-refractivity contribution in [2.24, 2.45) is 0 Å². The van der Waals surface area contributed by atoms with Crippen molar-refractivity contribution >= 4 is 22.7 Å². The number of nitrogens with one attached hydrogen (secondary N) is 2. The van der Waals surface area contributed by atoms with Gasteiger partial charge in [0.05, 0.1) is 23.5 Å². The second-order valence-corrected chi connectivity index (χ2v) is 5.57. The molecule has 0 saturated heterocycles. The molecule has 1 aliphatic rings. The van der Waals surface area contributed by atoms with Crippen LogP contribution in [-0.4, -0.2) is 31.3 Å². The van der Waals surface area contributed by atoms with Crippen LogP contribution in [0.4, 0.5) is 35.9 Å². The average Bonchev–Trinajstić information content (AvgIpc) is 2.55. The summed E-state index contributed by atoms with van der Waals surface area (Å²) in [5.74, 6) is 0. The molecule has 0 unspecified atom stereocenters. The molecule has 3 N–H and O–H groups in total. The zero-order valence-corrected chi connectivity index (χ0v) is 12.9. The van der Waals surface area contributed by atoms with Crippen molar-refractivity contribution in [3.63, 3.8) is 0 Å². The predicted molar refractivity (Wildman–Crippen MR) is 89.0 cm³/mol. The molecule has 3 rings (SSSR count). The van der Waals surface area contributed by atoms with E-state index in [9.17, 15) is 18.3 Å². The molecule has 0 radical (unpaired) electrons. The predicted octanol–water partition coefficient (Wildman–Crippen LogP) is 3.67. The molecule has 128 valence electrons. The lowest BCUT2D eigenvalue weighted by Crippen LogP contribution is -2.35. The van der Waals surface area contributed by atoms with Crippen molar-refractivity contribution in [3.8, 4) is 0 Å². The van der Waals surface area contributed by atoms with Crippen molar-refractivity contribution in [2.45, 2.75) is 6.18 Å². The molecular formula is C17H18F3N3O. The highest BCUT2D eigenvalue weighted by Gasteiger charge is 2.30. The third kappa shape index (κ3) is 3.56. The van der Waals surface area contributed by atoms with Gasteiger partial charge in [-0.05, 0) is 36.4 Å². The molecule has 7 heteroatoms. The summed E-state index contributed by atoms with van der Waals surface area (Å²) in [4.78, 5) is 2.04. The number of anilines is 4.